The zero-order valence-electron chi connectivity index (χ0n) is 10.1. The number of morpholine rings is 1. The van der Waals surface area contributed by atoms with Crippen molar-refractivity contribution in [3.8, 4) is 0 Å². The molecular formula is C11H17N3O2S. The average molecular weight is 255 g/mol. The molecule has 1 unspecified atom stereocenters. The lowest BCUT2D eigenvalue weighted by atomic mass is 10.2. The zero-order valence-corrected chi connectivity index (χ0v) is 10.9. The summed E-state index contributed by atoms with van der Waals surface area (Å²) in [4.78, 5) is 17.3. The number of aryl methyl sites for hydroxylation is 2. The average Bonchev–Trinajstić information content (AvgIpc) is 2.66. The molecule has 2 heterocycles. The summed E-state index contributed by atoms with van der Waals surface area (Å²) in [6.45, 7) is 6.35. The second-order valence-electron chi connectivity index (χ2n) is 4.04. The van der Waals surface area contributed by atoms with Crippen molar-refractivity contribution in [1.82, 2.24) is 15.6 Å². The van der Waals surface area contributed by atoms with E-state index in [0.29, 0.717) is 19.8 Å². The third kappa shape index (κ3) is 3.24. The minimum Gasteiger partial charge on any atom is -0.378 e. The number of carbonyl (C=O) groups excluding carboxylic acids is 1. The highest BCUT2D eigenvalue weighted by molar-refractivity contribution is 7.11. The molecule has 17 heavy (non-hydrogen) atoms. The Labute approximate surface area is 105 Å². The maximum Gasteiger partial charge on any atom is 0.239 e. The molecule has 0 bridgehead atoms. The number of hydrogen-bond acceptors (Lipinski definition) is 5. The molecule has 6 heteroatoms. The normalized spacial score (nSPS) is 20.2. The number of nitrogens with one attached hydrogen (secondary N) is 2. The molecule has 1 amide bonds. The lowest BCUT2D eigenvalue weighted by Gasteiger charge is -2.22. The summed E-state index contributed by atoms with van der Waals surface area (Å²) in [5.41, 5.74) is 1.00. The smallest absolute Gasteiger partial charge is 0.239 e. The highest BCUT2D eigenvalue weighted by Crippen LogP contribution is 2.16. The molecule has 1 aliphatic heterocycles. The topological polar surface area (TPSA) is 63.2 Å². The number of thiazole rings is 1. The van der Waals surface area contributed by atoms with Gasteiger partial charge in [-0.05, 0) is 13.8 Å². The van der Waals surface area contributed by atoms with Crippen LogP contribution in [0.15, 0.2) is 0 Å². The maximum atomic E-state index is 11.8. The highest BCUT2D eigenvalue weighted by Gasteiger charge is 2.21. The van der Waals surface area contributed by atoms with Crippen LogP contribution in [0.2, 0.25) is 0 Å². The van der Waals surface area contributed by atoms with Gasteiger partial charge in [0.2, 0.25) is 5.91 Å². The first-order valence-electron chi connectivity index (χ1n) is 5.68. The first kappa shape index (κ1) is 12.5. The number of rotatable bonds is 3. The Morgan fingerprint density at radius 3 is 3.06 bits per heavy atom. The first-order valence-corrected chi connectivity index (χ1v) is 6.50. The number of carbonyl (C=O) groups is 1. The summed E-state index contributed by atoms with van der Waals surface area (Å²) >= 11 is 1.63. The van der Waals surface area contributed by atoms with E-state index in [1.165, 1.54) is 0 Å². The molecule has 1 saturated heterocycles. The van der Waals surface area contributed by atoms with Crippen LogP contribution < -0.4 is 10.6 Å². The van der Waals surface area contributed by atoms with Gasteiger partial charge in [0.05, 0.1) is 30.5 Å². The summed E-state index contributed by atoms with van der Waals surface area (Å²) in [7, 11) is 0. The van der Waals surface area contributed by atoms with Crippen LogP contribution in [-0.2, 0) is 16.1 Å². The lowest BCUT2D eigenvalue weighted by molar-refractivity contribution is -0.126. The molecule has 5 nitrogen and oxygen atoms in total. The molecular weight excluding hydrogens is 238 g/mol. The number of hydrogen-bond donors (Lipinski definition) is 2. The monoisotopic (exact) mass is 255 g/mol. The van der Waals surface area contributed by atoms with E-state index >= 15 is 0 Å². The fourth-order valence-corrected chi connectivity index (χ4v) is 2.64. The standard InChI is InChI=1S/C11H17N3O2S/c1-7-10(17-8(2)14-7)5-13-11(15)9-6-16-4-3-12-9/h9,12H,3-6H2,1-2H3,(H,13,15). The molecule has 0 radical (unpaired) electrons. The van der Waals surface area contributed by atoms with Crippen LogP contribution in [0.5, 0.6) is 0 Å². The van der Waals surface area contributed by atoms with Crippen LogP contribution in [0, 0.1) is 13.8 Å². The van der Waals surface area contributed by atoms with Crippen LogP contribution in [0.4, 0.5) is 0 Å². The largest absolute Gasteiger partial charge is 0.378 e. The molecule has 1 aliphatic rings. The van der Waals surface area contributed by atoms with E-state index in [0.717, 1.165) is 22.1 Å². The Kier molecular flexibility index (Phi) is 4.09. The van der Waals surface area contributed by atoms with E-state index in [1.54, 1.807) is 11.3 Å². The predicted molar refractivity (Wildman–Crippen MR) is 66.0 cm³/mol. The van der Waals surface area contributed by atoms with Crippen molar-refractivity contribution in [3.63, 3.8) is 0 Å². The summed E-state index contributed by atoms with van der Waals surface area (Å²) in [6.07, 6.45) is 0. The molecule has 1 fully saturated rings. The molecule has 1 aromatic heterocycles. The van der Waals surface area contributed by atoms with Gasteiger partial charge in [0, 0.05) is 11.4 Å². The van der Waals surface area contributed by atoms with Gasteiger partial charge in [-0.15, -0.1) is 11.3 Å². The van der Waals surface area contributed by atoms with Crippen molar-refractivity contribution in [2.24, 2.45) is 0 Å². The van der Waals surface area contributed by atoms with E-state index in [4.69, 9.17) is 4.74 Å². The fraction of sp³-hybridized carbons (Fsp3) is 0.636. The van der Waals surface area contributed by atoms with Crippen molar-refractivity contribution in [2.75, 3.05) is 19.8 Å². The van der Waals surface area contributed by atoms with Gasteiger partial charge in [-0.1, -0.05) is 0 Å². The van der Waals surface area contributed by atoms with Crippen LogP contribution in [0.1, 0.15) is 15.6 Å². The SMILES string of the molecule is Cc1nc(C)c(CNC(=O)C2COCCN2)s1. The van der Waals surface area contributed by atoms with Crippen molar-refractivity contribution in [2.45, 2.75) is 26.4 Å². The van der Waals surface area contributed by atoms with E-state index < -0.39 is 0 Å². The first-order chi connectivity index (χ1) is 8.16. The predicted octanol–water partition coefficient (Wildman–Crippen LogP) is 0.365. The van der Waals surface area contributed by atoms with Gasteiger partial charge >= 0.3 is 0 Å². The molecule has 1 aromatic rings. The highest BCUT2D eigenvalue weighted by atomic mass is 32.1. The Balaban J connectivity index is 1.85. The van der Waals surface area contributed by atoms with Crippen molar-refractivity contribution in [3.05, 3.63) is 15.6 Å². The number of aromatic nitrogens is 1. The summed E-state index contributed by atoms with van der Waals surface area (Å²) in [6, 6.07) is -0.224. The van der Waals surface area contributed by atoms with Crippen molar-refractivity contribution in [1.29, 1.82) is 0 Å². The minimum absolute atomic E-state index is 0.00449. The number of ether oxygens (including phenoxy) is 1. The van der Waals surface area contributed by atoms with E-state index in [1.807, 2.05) is 13.8 Å². The van der Waals surface area contributed by atoms with Gasteiger partial charge in [0.25, 0.3) is 0 Å². The van der Waals surface area contributed by atoms with Crippen LogP contribution in [0.25, 0.3) is 0 Å². The fourth-order valence-electron chi connectivity index (χ4n) is 1.76. The quantitative estimate of drug-likeness (QED) is 0.819. The number of amides is 1. The Morgan fingerprint density at radius 1 is 1.65 bits per heavy atom. The van der Waals surface area contributed by atoms with Crippen LogP contribution >= 0.6 is 11.3 Å². The van der Waals surface area contributed by atoms with E-state index in [2.05, 4.69) is 15.6 Å². The third-order valence-electron chi connectivity index (χ3n) is 2.66. The summed E-state index contributed by atoms with van der Waals surface area (Å²) in [5, 5.41) is 7.07. The molecule has 0 aliphatic carbocycles. The van der Waals surface area contributed by atoms with E-state index in [9.17, 15) is 4.79 Å². The molecule has 0 spiro atoms. The van der Waals surface area contributed by atoms with E-state index in [-0.39, 0.29) is 11.9 Å². The number of nitrogens with zero attached hydrogens (tertiary/aromatic N) is 1. The van der Waals surface area contributed by atoms with Gasteiger partial charge in [0.15, 0.2) is 0 Å². The molecule has 1 atom stereocenters. The third-order valence-corrected chi connectivity index (χ3v) is 3.73. The molecule has 94 valence electrons. The molecule has 2 N–H and O–H groups in total. The Bertz CT molecular complexity index is 399. The van der Waals surface area contributed by atoms with Gasteiger partial charge in [-0.25, -0.2) is 4.98 Å². The van der Waals surface area contributed by atoms with Crippen molar-refractivity contribution < 1.29 is 9.53 Å². The van der Waals surface area contributed by atoms with Gasteiger partial charge in [0.1, 0.15) is 6.04 Å². The van der Waals surface area contributed by atoms with Gasteiger partial charge in [-0.3, -0.25) is 4.79 Å². The Morgan fingerprint density at radius 2 is 2.47 bits per heavy atom. The van der Waals surface area contributed by atoms with Crippen molar-refractivity contribution >= 4 is 17.2 Å². The zero-order chi connectivity index (χ0) is 12.3. The van der Waals surface area contributed by atoms with Crippen LogP contribution in [0.3, 0.4) is 0 Å². The lowest BCUT2D eigenvalue weighted by Crippen LogP contribution is -2.51. The summed E-state index contributed by atoms with van der Waals surface area (Å²) < 4.78 is 5.25. The summed E-state index contributed by atoms with van der Waals surface area (Å²) in [5.74, 6) is -0.00449. The van der Waals surface area contributed by atoms with Gasteiger partial charge in [-0.2, -0.15) is 0 Å². The second-order valence-corrected chi connectivity index (χ2v) is 5.33. The van der Waals surface area contributed by atoms with Crippen LogP contribution in [-0.4, -0.2) is 36.7 Å². The van der Waals surface area contributed by atoms with Gasteiger partial charge < -0.3 is 15.4 Å². The molecule has 0 aromatic carbocycles. The molecule has 2 rings (SSSR count). The maximum absolute atomic E-state index is 11.8. The minimum atomic E-state index is -0.224. The second kappa shape index (κ2) is 5.57. The Hall–Kier alpha value is -0.980. The molecule has 0 saturated carbocycles.